The van der Waals surface area contributed by atoms with Gasteiger partial charge in [0.2, 0.25) is 0 Å². The maximum atomic E-state index is 12.4. The van der Waals surface area contributed by atoms with Crippen molar-refractivity contribution in [2.24, 2.45) is 0 Å². The Bertz CT molecular complexity index is 968. The van der Waals surface area contributed by atoms with Gasteiger partial charge in [0.05, 0.1) is 0 Å². The van der Waals surface area contributed by atoms with Crippen molar-refractivity contribution in [1.82, 2.24) is 5.32 Å². The van der Waals surface area contributed by atoms with E-state index in [-0.39, 0.29) is 31.5 Å². The molecule has 1 fully saturated rings. The van der Waals surface area contributed by atoms with E-state index in [2.05, 4.69) is 5.32 Å². The SMILES string of the molecule is O=C(CCC(NC(=O)OCC1c2ccccc2-c2ccccc21)C(=O)O)OC1CCCCC1. The van der Waals surface area contributed by atoms with Gasteiger partial charge in [0.15, 0.2) is 0 Å². The van der Waals surface area contributed by atoms with Crippen LogP contribution in [0.25, 0.3) is 11.1 Å². The van der Waals surface area contributed by atoms with Crippen LogP contribution in [0.15, 0.2) is 48.5 Å². The molecule has 1 atom stereocenters. The first-order chi connectivity index (χ1) is 16.0. The Balaban J connectivity index is 1.30. The number of carboxylic acids is 1. The smallest absolute Gasteiger partial charge is 0.407 e. The van der Waals surface area contributed by atoms with Crippen LogP contribution in [-0.4, -0.2) is 41.9 Å². The molecular formula is C26H29NO6. The zero-order valence-electron chi connectivity index (χ0n) is 18.5. The predicted octanol–water partition coefficient (Wildman–Crippen LogP) is 4.63. The van der Waals surface area contributed by atoms with Crippen molar-refractivity contribution < 1.29 is 29.0 Å². The fourth-order valence-electron chi connectivity index (χ4n) is 4.73. The van der Waals surface area contributed by atoms with Gasteiger partial charge in [0.1, 0.15) is 18.8 Å². The largest absolute Gasteiger partial charge is 0.480 e. The van der Waals surface area contributed by atoms with Crippen LogP contribution in [0.2, 0.25) is 0 Å². The molecule has 7 heteroatoms. The van der Waals surface area contributed by atoms with E-state index < -0.39 is 24.1 Å². The van der Waals surface area contributed by atoms with E-state index >= 15 is 0 Å². The number of hydrogen-bond donors (Lipinski definition) is 2. The Morgan fingerprint density at radius 3 is 2.15 bits per heavy atom. The second-order valence-corrected chi connectivity index (χ2v) is 8.65. The van der Waals surface area contributed by atoms with Gasteiger partial charge in [0, 0.05) is 12.3 Å². The lowest BCUT2D eigenvalue weighted by molar-refractivity contribution is -0.151. The van der Waals surface area contributed by atoms with Crippen molar-refractivity contribution in [3.63, 3.8) is 0 Å². The molecule has 2 N–H and O–H groups in total. The Morgan fingerprint density at radius 2 is 1.55 bits per heavy atom. The number of amides is 1. The van der Waals surface area contributed by atoms with Gasteiger partial charge in [0.25, 0.3) is 0 Å². The number of carbonyl (C=O) groups excluding carboxylic acids is 2. The van der Waals surface area contributed by atoms with E-state index in [1.165, 1.54) is 0 Å². The lowest BCUT2D eigenvalue weighted by Crippen LogP contribution is -2.41. The van der Waals surface area contributed by atoms with Crippen LogP contribution in [0.1, 0.15) is 62.0 Å². The number of fused-ring (bicyclic) bond motifs is 3. The van der Waals surface area contributed by atoms with Crippen LogP contribution < -0.4 is 5.32 Å². The number of hydrogen-bond acceptors (Lipinski definition) is 5. The fourth-order valence-corrected chi connectivity index (χ4v) is 4.73. The first-order valence-corrected chi connectivity index (χ1v) is 11.6. The average molecular weight is 452 g/mol. The Morgan fingerprint density at radius 1 is 0.939 bits per heavy atom. The number of ether oxygens (including phenoxy) is 2. The van der Waals surface area contributed by atoms with Crippen LogP contribution in [0.4, 0.5) is 4.79 Å². The standard InChI is InChI=1S/C26H29NO6/c28-24(33-17-8-2-1-3-9-17)15-14-23(25(29)30)27-26(31)32-16-22-20-12-6-4-10-18(20)19-11-5-7-13-21(19)22/h4-7,10-13,17,22-23H,1-3,8-9,14-16H2,(H,27,31)(H,29,30). The lowest BCUT2D eigenvalue weighted by Gasteiger charge is -2.22. The van der Waals surface area contributed by atoms with E-state index in [0.29, 0.717) is 0 Å². The summed E-state index contributed by atoms with van der Waals surface area (Å²) in [5.74, 6) is -1.76. The number of nitrogens with one attached hydrogen (secondary N) is 1. The van der Waals surface area contributed by atoms with Crippen molar-refractivity contribution in [2.75, 3.05) is 6.61 Å². The molecule has 1 saturated carbocycles. The number of carboxylic acid groups (broad SMARTS) is 1. The zero-order valence-corrected chi connectivity index (χ0v) is 18.5. The van der Waals surface area contributed by atoms with E-state index in [1.807, 2.05) is 48.5 Å². The fraction of sp³-hybridized carbons (Fsp3) is 0.423. The minimum absolute atomic E-state index is 0.0505. The molecule has 0 spiro atoms. The van der Waals surface area contributed by atoms with E-state index in [1.54, 1.807) is 0 Å². The lowest BCUT2D eigenvalue weighted by atomic mass is 9.98. The van der Waals surface area contributed by atoms with Gasteiger partial charge in [-0.1, -0.05) is 55.0 Å². The molecule has 0 bridgehead atoms. The molecule has 7 nitrogen and oxygen atoms in total. The zero-order chi connectivity index (χ0) is 23.2. The van der Waals surface area contributed by atoms with Gasteiger partial charge < -0.3 is 19.9 Å². The maximum Gasteiger partial charge on any atom is 0.407 e. The van der Waals surface area contributed by atoms with E-state index in [0.717, 1.165) is 54.4 Å². The quantitative estimate of drug-likeness (QED) is 0.567. The van der Waals surface area contributed by atoms with Gasteiger partial charge in [-0.25, -0.2) is 9.59 Å². The molecule has 0 aromatic heterocycles. The summed E-state index contributed by atoms with van der Waals surface area (Å²) in [5, 5.41) is 11.9. The molecule has 33 heavy (non-hydrogen) atoms. The highest BCUT2D eigenvalue weighted by Gasteiger charge is 2.30. The van der Waals surface area contributed by atoms with Crippen LogP contribution in [-0.2, 0) is 19.1 Å². The Labute approximate surface area is 193 Å². The molecular weight excluding hydrogens is 422 g/mol. The summed E-state index contributed by atoms with van der Waals surface area (Å²) in [6, 6.07) is 14.7. The number of rotatable bonds is 8. The van der Waals surface area contributed by atoms with Crippen LogP contribution in [0.3, 0.4) is 0 Å². The first-order valence-electron chi connectivity index (χ1n) is 11.6. The third-order valence-electron chi connectivity index (χ3n) is 6.42. The number of esters is 1. The molecule has 1 unspecified atom stereocenters. The average Bonchev–Trinajstić information content (AvgIpc) is 3.14. The summed E-state index contributed by atoms with van der Waals surface area (Å²) in [5.41, 5.74) is 4.38. The molecule has 1 amide bonds. The second-order valence-electron chi connectivity index (χ2n) is 8.65. The second kappa shape index (κ2) is 10.5. The summed E-state index contributed by atoms with van der Waals surface area (Å²) in [4.78, 5) is 36.1. The van der Waals surface area contributed by atoms with Crippen molar-refractivity contribution in [3.8, 4) is 11.1 Å². The Kier molecular flexibility index (Phi) is 7.27. The molecule has 2 aromatic rings. The summed E-state index contributed by atoms with van der Waals surface area (Å²) in [6.07, 6.45) is 3.92. The summed E-state index contributed by atoms with van der Waals surface area (Å²) in [7, 11) is 0. The Hall–Kier alpha value is -3.35. The first kappa shape index (κ1) is 22.8. The third kappa shape index (κ3) is 5.53. The molecule has 0 saturated heterocycles. The van der Waals surface area contributed by atoms with Gasteiger partial charge in [-0.2, -0.15) is 0 Å². The van der Waals surface area contributed by atoms with Crippen molar-refractivity contribution in [1.29, 1.82) is 0 Å². The van der Waals surface area contributed by atoms with Crippen LogP contribution in [0.5, 0.6) is 0 Å². The van der Waals surface area contributed by atoms with Crippen LogP contribution >= 0.6 is 0 Å². The number of carbonyl (C=O) groups is 3. The highest BCUT2D eigenvalue weighted by Crippen LogP contribution is 2.44. The molecule has 2 aliphatic carbocycles. The summed E-state index contributed by atoms with van der Waals surface area (Å²) >= 11 is 0. The van der Waals surface area contributed by atoms with E-state index in [4.69, 9.17) is 9.47 Å². The number of aliphatic carboxylic acids is 1. The summed E-state index contributed by atoms with van der Waals surface area (Å²) < 4.78 is 10.9. The minimum atomic E-state index is -1.22. The molecule has 174 valence electrons. The number of alkyl carbamates (subject to hydrolysis) is 1. The molecule has 4 rings (SSSR count). The van der Waals surface area contributed by atoms with Crippen molar-refractivity contribution in [3.05, 3.63) is 59.7 Å². The van der Waals surface area contributed by atoms with Gasteiger partial charge in [-0.3, -0.25) is 4.79 Å². The topological polar surface area (TPSA) is 102 Å². The maximum absolute atomic E-state index is 12.4. The summed E-state index contributed by atoms with van der Waals surface area (Å²) in [6.45, 7) is 0.0932. The molecule has 0 heterocycles. The molecule has 0 aliphatic heterocycles. The highest BCUT2D eigenvalue weighted by molar-refractivity contribution is 5.81. The van der Waals surface area contributed by atoms with Crippen molar-refractivity contribution >= 4 is 18.0 Å². The van der Waals surface area contributed by atoms with Crippen molar-refractivity contribution in [2.45, 2.75) is 63.0 Å². The minimum Gasteiger partial charge on any atom is -0.480 e. The van der Waals surface area contributed by atoms with Gasteiger partial charge in [-0.05, 0) is 54.4 Å². The molecule has 0 radical (unpaired) electrons. The highest BCUT2D eigenvalue weighted by atomic mass is 16.6. The molecule has 2 aliphatic rings. The molecule has 2 aromatic carbocycles. The van der Waals surface area contributed by atoms with E-state index in [9.17, 15) is 19.5 Å². The predicted molar refractivity (Wildman–Crippen MR) is 122 cm³/mol. The third-order valence-corrected chi connectivity index (χ3v) is 6.42. The van der Waals surface area contributed by atoms with Gasteiger partial charge in [-0.15, -0.1) is 0 Å². The monoisotopic (exact) mass is 451 g/mol. The van der Waals surface area contributed by atoms with Crippen LogP contribution in [0, 0.1) is 0 Å². The normalized spacial score (nSPS) is 16.4. The van der Waals surface area contributed by atoms with Gasteiger partial charge >= 0.3 is 18.0 Å². The number of benzene rings is 2.